The Morgan fingerprint density at radius 1 is 1.17 bits per heavy atom. The molecule has 1 amide bonds. The van der Waals surface area contributed by atoms with Gasteiger partial charge in [0.05, 0.1) is 17.1 Å². The molecule has 3 aromatic rings. The first kappa shape index (κ1) is 16.5. The molecule has 0 aliphatic heterocycles. The van der Waals surface area contributed by atoms with Gasteiger partial charge >= 0.3 is 0 Å². The number of amides is 1. The lowest BCUT2D eigenvalue weighted by Crippen LogP contribution is -2.37. The van der Waals surface area contributed by atoms with Gasteiger partial charge in [-0.3, -0.25) is 4.79 Å². The Morgan fingerprint density at radius 2 is 1.92 bits per heavy atom. The van der Waals surface area contributed by atoms with Gasteiger partial charge in [0.15, 0.2) is 0 Å². The molecule has 24 heavy (non-hydrogen) atoms. The lowest BCUT2D eigenvalue weighted by molar-refractivity contribution is -0.132. The predicted molar refractivity (Wildman–Crippen MR) is 96.0 cm³/mol. The Kier molecular flexibility index (Phi) is 4.86. The summed E-state index contributed by atoms with van der Waals surface area (Å²) in [6.07, 6.45) is 3.94. The highest BCUT2D eigenvalue weighted by molar-refractivity contribution is 6.30. The van der Waals surface area contributed by atoms with Crippen molar-refractivity contribution in [3.63, 3.8) is 0 Å². The van der Waals surface area contributed by atoms with Crippen molar-refractivity contribution in [2.75, 3.05) is 0 Å². The molecular formula is C19H20ClN3O. The molecule has 0 spiro atoms. The van der Waals surface area contributed by atoms with Gasteiger partial charge in [-0.1, -0.05) is 41.9 Å². The molecule has 0 radical (unpaired) electrons. The number of benzene rings is 1. The minimum Gasteiger partial charge on any atom is -0.336 e. The number of aromatic nitrogens is 2. The van der Waals surface area contributed by atoms with E-state index in [2.05, 4.69) is 4.98 Å². The highest BCUT2D eigenvalue weighted by Crippen LogP contribution is 2.14. The molecule has 5 heteroatoms. The first-order chi connectivity index (χ1) is 11.5. The lowest BCUT2D eigenvalue weighted by Gasteiger charge is -2.26. The van der Waals surface area contributed by atoms with Crippen LogP contribution in [-0.2, 0) is 17.8 Å². The molecule has 0 atom stereocenters. The molecule has 0 aliphatic carbocycles. The van der Waals surface area contributed by atoms with E-state index in [1.54, 1.807) is 12.3 Å². The van der Waals surface area contributed by atoms with Gasteiger partial charge in [0, 0.05) is 25.0 Å². The molecule has 0 N–H and O–H groups in total. The van der Waals surface area contributed by atoms with Crippen LogP contribution in [0.5, 0.6) is 0 Å². The van der Waals surface area contributed by atoms with Crippen LogP contribution in [0.25, 0.3) is 5.65 Å². The maximum absolute atomic E-state index is 12.8. The van der Waals surface area contributed by atoms with Crippen molar-refractivity contribution < 1.29 is 4.79 Å². The Morgan fingerprint density at radius 3 is 2.62 bits per heavy atom. The van der Waals surface area contributed by atoms with E-state index in [1.807, 2.05) is 65.7 Å². The van der Waals surface area contributed by atoms with E-state index >= 15 is 0 Å². The number of hydrogen-bond donors (Lipinski definition) is 0. The maximum Gasteiger partial charge on any atom is 0.229 e. The molecule has 0 saturated heterocycles. The lowest BCUT2D eigenvalue weighted by atomic mass is 10.1. The normalized spacial score (nSPS) is 11.2. The number of fused-ring (bicyclic) bond motifs is 1. The van der Waals surface area contributed by atoms with E-state index in [9.17, 15) is 4.79 Å². The van der Waals surface area contributed by atoms with Crippen LogP contribution >= 0.6 is 11.6 Å². The van der Waals surface area contributed by atoms with Crippen LogP contribution in [0.3, 0.4) is 0 Å². The van der Waals surface area contributed by atoms with E-state index in [0.29, 0.717) is 11.6 Å². The molecule has 124 valence electrons. The highest BCUT2D eigenvalue weighted by Gasteiger charge is 2.19. The number of carbonyl (C=O) groups is 1. The van der Waals surface area contributed by atoms with Crippen molar-refractivity contribution in [2.24, 2.45) is 0 Å². The summed E-state index contributed by atoms with van der Waals surface area (Å²) in [5.41, 5.74) is 2.67. The Hall–Kier alpha value is -2.33. The SMILES string of the molecule is CC(C)N(Cc1ccccc1)C(=O)Cc1cn2cc(Cl)ccc2n1. The van der Waals surface area contributed by atoms with Crippen molar-refractivity contribution in [3.05, 3.63) is 71.1 Å². The number of halogens is 1. The van der Waals surface area contributed by atoms with Crippen LogP contribution in [0.2, 0.25) is 5.02 Å². The molecular weight excluding hydrogens is 322 g/mol. The highest BCUT2D eigenvalue weighted by atomic mass is 35.5. The van der Waals surface area contributed by atoms with E-state index in [0.717, 1.165) is 16.9 Å². The van der Waals surface area contributed by atoms with Gasteiger partial charge in [0.1, 0.15) is 5.65 Å². The van der Waals surface area contributed by atoms with Crippen molar-refractivity contribution in [1.82, 2.24) is 14.3 Å². The summed E-state index contributed by atoms with van der Waals surface area (Å²) in [4.78, 5) is 19.1. The number of nitrogens with zero attached hydrogens (tertiary/aromatic N) is 3. The van der Waals surface area contributed by atoms with Crippen molar-refractivity contribution in [1.29, 1.82) is 0 Å². The minimum absolute atomic E-state index is 0.0726. The molecule has 0 fully saturated rings. The second kappa shape index (κ2) is 7.05. The molecule has 0 aliphatic rings. The zero-order valence-corrected chi connectivity index (χ0v) is 14.6. The summed E-state index contributed by atoms with van der Waals surface area (Å²) in [5.74, 6) is 0.0726. The zero-order chi connectivity index (χ0) is 17.1. The fourth-order valence-corrected chi connectivity index (χ4v) is 2.87. The van der Waals surface area contributed by atoms with E-state index in [1.165, 1.54) is 0 Å². The first-order valence-corrected chi connectivity index (χ1v) is 8.37. The predicted octanol–water partition coefficient (Wildman–Crippen LogP) is 3.97. The van der Waals surface area contributed by atoms with Crippen molar-refractivity contribution >= 4 is 23.2 Å². The van der Waals surface area contributed by atoms with Crippen LogP contribution in [0, 0.1) is 0 Å². The average molecular weight is 342 g/mol. The minimum atomic E-state index is 0.0726. The number of carbonyl (C=O) groups excluding carboxylic acids is 1. The molecule has 4 nitrogen and oxygen atoms in total. The Bertz CT molecular complexity index is 842. The van der Waals surface area contributed by atoms with Crippen molar-refractivity contribution in [3.8, 4) is 0 Å². The number of rotatable bonds is 5. The molecule has 2 heterocycles. The van der Waals surface area contributed by atoms with Crippen molar-refractivity contribution in [2.45, 2.75) is 32.9 Å². The summed E-state index contributed by atoms with van der Waals surface area (Å²) in [5, 5.41) is 0.644. The third kappa shape index (κ3) is 3.77. The van der Waals surface area contributed by atoms with E-state index in [-0.39, 0.29) is 18.4 Å². The molecule has 0 bridgehead atoms. The topological polar surface area (TPSA) is 37.6 Å². The van der Waals surface area contributed by atoms with Crippen LogP contribution in [0.1, 0.15) is 25.1 Å². The first-order valence-electron chi connectivity index (χ1n) is 7.99. The van der Waals surface area contributed by atoms with Crippen LogP contribution < -0.4 is 0 Å². The standard InChI is InChI=1S/C19H20ClN3O/c1-14(2)23(11-15-6-4-3-5-7-15)19(24)10-17-13-22-12-16(20)8-9-18(22)21-17/h3-9,12-14H,10-11H2,1-2H3. The number of pyridine rings is 1. The van der Waals surface area contributed by atoms with Gasteiger partial charge in [-0.05, 0) is 31.5 Å². The van der Waals surface area contributed by atoms with Gasteiger partial charge < -0.3 is 9.30 Å². The third-order valence-corrected chi connectivity index (χ3v) is 4.16. The monoisotopic (exact) mass is 341 g/mol. The molecule has 0 saturated carbocycles. The van der Waals surface area contributed by atoms with Gasteiger partial charge in [0.2, 0.25) is 5.91 Å². The Labute approximate surface area is 146 Å². The van der Waals surface area contributed by atoms with E-state index < -0.39 is 0 Å². The zero-order valence-electron chi connectivity index (χ0n) is 13.8. The van der Waals surface area contributed by atoms with E-state index in [4.69, 9.17) is 11.6 Å². The van der Waals surface area contributed by atoms with Gasteiger partial charge in [-0.15, -0.1) is 0 Å². The second-order valence-electron chi connectivity index (χ2n) is 6.12. The fourth-order valence-electron chi connectivity index (χ4n) is 2.70. The summed E-state index contributed by atoms with van der Waals surface area (Å²) in [6, 6.07) is 13.8. The summed E-state index contributed by atoms with van der Waals surface area (Å²) >= 11 is 5.99. The van der Waals surface area contributed by atoms with Gasteiger partial charge in [-0.25, -0.2) is 4.98 Å². The second-order valence-corrected chi connectivity index (χ2v) is 6.56. The number of hydrogen-bond acceptors (Lipinski definition) is 2. The molecule has 2 aromatic heterocycles. The van der Waals surface area contributed by atoms with Crippen LogP contribution in [0.4, 0.5) is 0 Å². The summed E-state index contributed by atoms with van der Waals surface area (Å²) < 4.78 is 1.85. The molecule has 0 unspecified atom stereocenters. The van der Waals surface area contributed by atoms with Gasteiger partial charge in [-0.2, -0.15) is 0 Å². The summed E-state index contributed by atoms with van der Waals surface area (Å²) in [7, 11) is 0. The molecule has 3 rings (SSSR count). The van der Waals surface area contributed by atoms with Crippen LogP contribution in [0.15, 0.2) is 54.9 Å². The average Bonchev–Trinajstić information content (AvgIpc) is 2.94. The fraction of sp³-hybridized carbons (Fsp3) is 0.263. The smallest absolute Gasteiger partial charge is 0.229 e. The largest absolute Gasteiger partial charge is 0.336 e. The molecule has 1 aromatic carbocycles. The van der Waals surface area contributed by atoms with Crippen LogP contribution in [-0.4, -0.2) is 26.2 Å². The maximum atomic E-state index is 12.8. The Balaban J connectivity index is 1.77. The van der Waals surface area contributed by atoms with Gasteiger partial charge in [0.25, 0.3) is 0 Å². The third-order valence-electron chi connectivity index (χ3n) is 3.94. The quantitative estimate of drug-likeness (QED) is 0.704. The summed E-state index contributed by atoms with van der Waals surface area (Å²) in [6.45, 7) is 4.67. The number of imidazole rings is 1.